The number of hydrogen-bond donors (Lipinski definition) is 3. The molecule has 25 heavy (non-hydrogen) atoms. The van der Waals surface area contributed by atoms with Gasteiger partial charge < -0.3 is 16.4 Å². The van der Waals surface area contributed by atoms with Gasteiger partial charge in [-0.15, -0.1) is 0 Å². The zero-order valence-electron chi connectivity index (χ0n) is 17.5. The molecule has 0 spiro atoms. The predicted molar refractivity (Wildman–Crippen MR) is 114 cm³/mol. The lowest BCUT2D eigenvalue weighted by molar-refractivity contribution is -0.123. The highest BCUT2D eigenvalue weighted by Crippen LogP contribution is 2.21. The summed E-state index contributed by atoms with van der Waals surface area (Å²) < 4.78 is 0. The van der Waals surface area contributed by atoms with Gasteiger partial charge in [-0.05, 0) is 57.0 Å². The van der Waals surface area contributed by atoms with Crippen LogP contribution in [0, 0.1) is 11.3 Å². The van der Waals surface area contributed by atoms with E-state index < -0.39 is 0 Å². The summed E-state index contributed by atoms with van der Waals surface area (Å²) in [6.07, 6.45) is 6.44. The van der Waals surface area contributed by atoms with Crippen LogP contribution in [0.15, 0.2) is 0 Å². The Labute approximate surface area is 159 Å². The fourth-order valence-electron chi connectivity index (χ4n) is 2.17. The van der Waals surface area contributed by atoms with Crippen molar-refractivity contribution in [3.63, 3.8) is 0 Å². The van der Waals surface area contributed by atoms with Crippen LogP contribution in [-0.4, -0.2) is 31.6 Å². The summed E-state index contributed by atoms with van der Waals surface area (Å²) >= 11 is 0. The zero-order chi connectivity index (χ0) is 19.0. The molecule has 0 aromatic carbocycles. The van der Waals surface area contributed by atoms with Crippen molar-refractivity contribution in [3.05, 3.63) is 0 Å². The molecule has 0 heterocycles. The first-order valence-electron chi connectivity index (χ1n) is 9.85. The van der Waals surface area contributed by atoms with Crippen molar-refractivity contribution in [1.29, 1.82) is 0 Å². The Morgan fingerprint density at radius 3 is 2.04 bits per heavy atom. The Morgan fingerprint density at radius 2 is 1.60 bits per heavy atom. The van der Waals surface area contributed by atoms with Crippen molar-refractivity contribution in [2.45, 2.75) is 100 Å². The van der Waals surface area contributed by atoms with E-state index in [0.717, 1.165) is 38.1 Å². The first-order valence-corrected chi connectivity index (χ1v) is 9.85. The van der Waals surface area contributed by atoms with Crippen molar-refractivity contribution in [2.75, 3.05) is 19.6 Å². The average Bonchev–Trinajstić information content (AvgIpc) is 2.43. The van der Waals surface area contributed by atoms with Gasteiger partial charge >= 0.3 is 0 Å². The molecule has 154 valence electrons. The standard InChI is InChI=1S/C16H35N3O.C4H10.CH4/c1-5-18-15(20)14(10-6-8-12-17)19-13-9-7-11-16(2,3)4;1-4(2)3;/h14,19H,5-13,17H2,1-4H3,(H,18,20);4H,1-3H3;1H4/t14-;;/m0../s1. The van der Waals surface area contributed by atoms with Crippen LogP contribution in [0.3, 0.4) is 0 Å². The van der Waals surface area contributed by atoms with E-state index in [9.17, 15) is 4.79 Å². The molecular weight excluding hydrogens is 310 g/mol. The quantitative estimate of drug-likeness (QED) is 0.467. The molecule has 0 aliphatic rings. The number of carbonyl (C=O) groups is 1. The number of carbonyl (C=O) groups excluding carboxylic acids is 1. The molecule has 1 amide bonds. The first kappa shape index (κ1) is 29.2. The molecule has 0 fully saturated rings. The van der Waals surface area contributed by atoms with E-state index >= 15 is 0 Å². The molecule has 0 saturated heterocycles. The van der Waals surface area contributed by atoms with E-state index in [1.807, 2.05) is 6.92 Å². The summed E-state index contributed by atoms with van der Waals surface area (Å²) in [5.41, 5.74) is 5.91. The number of likely N-dealkylation sites (N-methyl/N-ethyl adjacent to an activating group) is 1. The Hall–Kier alpha value is -0.610. The Kier molecular flexibility index (Phi) is 21.2. The van der Waals surface area contributed by atoms with Gasteiger partial charge in [0.05, 0.1) is 6.04 Å². The molecule has 0 rings (SSSR count). The monoisotopic (exact) mass is 359 g/mol. The molecule has 0 unspecified atom stereocenters. The molecule has 0 aromatic heterocycles. The third-order valence-corrected chi connectivity index (χ3v) is 3.36. The van der Waals surface area contributed by atoms with Gasteiger partial charge in [-0.25, -0.2) is 0 Å². The summed E-state index contributed by atoms with van der Waals surface area (Å²) in [4.78, 5) is 12.0. The molecule has 0 aliphatic carbocycles. The van der Waals surface area contributed by atoms with Crippen molar-refractivity contribution in [1.82, 2.24) is 10.6 Å². The third-order valence-electron chi connectivity index (χ3n) is 3.36. The number of rotatable bonds is 11. The van der Waals surface area contributed by atoms with Gasteiger partial charge in [0.15, 0.2) is 0 Å². The normalized spacial score (nSPS) is 12.0. The molecule has 0 radical (unpaired) electrons. The third kappa shape index (κ3) is 25.7. The topological polar surface area (TPSA) is 67.2 Å². The van der Waals surface area contributed by atoms with Gasteiger partial charge in [0, 0.05) is 6.54 Å². The molecular formula is C21H49N3O. The maximum Gasteiger partial charge on any atom is 0.237 e. The van der Waals surface area contributed by atoms with Crippen LogP contribution in [0.4, 0.5) is 0 Å². The Morgan fingerprint density at radius 1 is 1.04 bits per heavy atom. The number of nitrogens with two attached hydrogens (primary N) is 1. The summed E-state index contributed by atoms with van der Waals surface area (Å²) in [5.74, 6) is 0.959. The molecule has 4 nitrogen and oxygen atoms in total. The zero-order valence-corrected chi connectivity index (χ0v) is 17.5. The maximum atomic E-state index is 12.0. The van der Waals surface area contributed by atoms with E-state index in [-0.39, 0.29) is 19.4 Å². The molecule has 4 heteroatoms. The summed E-state index contributed by atoms with van der Waals surface area (Å²) in [6.45, 7) is 17.6. The number of amides is 1. The summed E-state index contributed by atoms with van der Waals surface area (Å²) in [5, 5.41) is 6.30. The van der Waals surface area contributed by atoms with Crippen LogP contribution in [0.1, 0.15) is 94.4 Å². The lowest BCUT2D eigenvalue weighted by atomic mass is 9.90. The Bertz CT molecular complexity index is 283. The minimum Gasteiger partial charge on any atom is -0.355 e. The van der Waals surface area contributed by atoms with E-state index in [0.29, 0.717) is 18.5 Å². The maximum absolute atomic E-state index is 12.0. The van der Waals surface area contributed by atoms with Crippen molar-refractivity contribution >= 4 is 5.91 Å². The van der Waals surface area contributed by atoms with Crippen LogP contribution in [0.5, 0.6) is 0 Å². The fourth-order valence-corrected chi connectivity index (χ4v) is 2.17. The molecule has 1 atom stereocenters. The highest BCUT2D eigenvalue weighted by molar-refractivity contribution is 5.81. The summed E-state index contributed by atoms with van der Waals surface area (Å²) in [7, 11) is 0. The van der Waals surface area contributed by atoms with Crippen molar-refractivity contribution in [3.8, 4) is 0 Å². The average molecular weight is 360 g/mol. The van der Waals surface area contributed by atoms with E-state index in [2.05, 4.69) is 52.2 Å². The van der Waals surface area contributed by atoms with Gasteiger partial charge in [0.2, 0.25) is 5.91 Å². The first-order chi connectivity index (χ1) is 11.1. The second-order valence-corrected chi connectivity index (χ2v) is 8.44. The van der Waals surface area contributed by atoms with Crippen LogP contribution >= 0.6 is 0 Å². The van der Waals surface area contributed by atoms with Gasteiger partial charge in [0.1, 0.15) is 0 Å². The van der Waals surface area contributed by atoms with Crippen molar-refractivity contribution in [2.24, 2.45) is 17.1 Å². The number of unbranched alkanes of at least 4 members (excludes halogenated alkanes) is 2. The van der Waals surface area contributed by atoms with Crippen LogP contribution < -0.4 is 16.4 Å². The van der Waals surface area contributed by atoms with Crippen molar-refractivity contribution < 1.29 is 4.79 Å². The fraction of sp³-hybridized carbons (Fsp3) is 0.952. The molecule has 0 aromatic rings. The largest absolute Gasteiger partial charge is 0.355 e. The van der Waals surface area contributed by atoms with E-state index in [4.69, 9.17) is 5.73 Å². The number of hydrogen-bond acceptors (Lipinski definition) is 3. The molecule has 0 saturated carbocycles. The molecule has 4 N–H and O–H groups in total. The van der Waals surface area contributed by atoms with Crippen LogP contribution in [0.25, 0.3) is 0 Å². The lowest BCUT2D eigenvalue weighted by Gasteiger charge is -2.20. The lowest BCUT2D eigenvalue weighted by Crippen LogP contribution is -2.44. The highest BCUT2D eigenvalue weighted by atomic mass is 16.2. The number of nitrogens with one attached hydrogen (secondary N) is 2. The minimum absolute atomic E-state index is 0. The van der Waals surface area contributed by atoms with Crippen LogP contribution in [0.2, 0.25) is 0 Å². The van der Waals surface area contributed by atoms with Gasteiger partial charge in [-0.2, -0.15) is 0 Å². The Balaban J connectivity index is -0.000000867. The SMILES string of the molecule is C.CC(C)C.CCNC(=O)[C@H](CCCCN)NCCCCC(C)(C)C. The van der Waals surface area contributed by atoms with E-state index in [1.165, 1.54) is 12.8 Å². The molecule has 0 aliphatic heterocycles. The minimum atomic E-state index is -0.0591. The van der Waals surface area contributed by atoms with Gasteiger partial charge in [-0.3, -0.25) is 4.79 Å². The van der Waals surface area contributed by atoms with Gasteiger partial charge in [0.25, 0.3) is 0 Å². The van der Waals surface area contributed by atoms with Crippen LogP contribution in [-0.2, 0) is 4.79 Å². The summed E-state index contributed by atoms with van der Waals surface area (Å²) in [6, 6.07) is -0.0591. The highest BCUT2D eigenvalue weighted by Gasteiger charge is 2.16. The van der Waals surface area contributed by atoms with E-state index in [1.54, 1.807) is 0 Å². The predicted octanol–water partition coefficient (Wildman–Crippen LogP) is 4.72. The van der Waals surface area contributed by atoms with Gasteiger partial charge in [-0.1, -0.05) is 61.8 Å². The second-order valence-electron chi connectivity index (χ2n) is 8.44. The smallest absolute Gasteiger partial charge is 0.237 e. The second kappa shape index (κ2) is 18.2. The molecule has 0 bridgehead atoms.